The summed E-state index contributed by atoms with van der Waals surface area (Å²) in [6.07, 6.45) is 0. The Balaban J connectivity index is 1.80. The quantitative estimate of drug-likeness (QED) is 0.645. The van der Waals surface area contributed by atoms with E-state index in [1.54, 1.807) is 21.3 Å². The molecule has 0 spiro atoms. The first-order chi connectivity index (χ1) is 13.1. The predicted octanol–water partition coefficient (Wildman–Crippen LogP) is 4.30. The van der Waals surface area contributed by atoms with E-state index in [0.29, 0.717) is 23.3 Å². The van der Waals surface area contributed by atoms with Crippen LogP contribution in [0.2, 0.25) is 0 Å². The molecule has 1 aromatic heterocycles. The van der Waals surface area contributed by atoms with Gasteiger partial charge < -0.3 is 24.8 Å². The molecule has 0 aliphatic rings. The van der Waals surface area contributed by atoms with Crippen molar-refractivity contribution < 1.29 is 14.2 Å². The van der Waals surface area contributed by atoms with Crippen LogP contribution < -0.4 is 24.8 Å². The van der Waals surface area contributed by atoms with E-state index in [-0.39, 0.29) is 0 Å². The van der Waals surface area contributed by atoms with E-state index < -0.39 is 0 Å². The van der Waals surface area contributed by atoms with E-state index in [1.807, 2.05) is 55.5 Å². The first kappa shape index (κ1) is 18.3. The Bertz CT molecular complexity index is 914. The van der Waals surface area contributed by atoms with Crippen LogP contribution in [0, 0.1) is 6.92 Å². The number of nitrogens with one attached hydrogen (secondary N) is 2. The lowest BCUT2D eigenvalue weighted by Crippen LogP contribution is -2.02. The first-order valence-corrected chi connectivity index (χ1v) is 8.37. The Labute approximate surface area is 158 Å². The number of rotatable bonds is 7. The van der Waals surface area contributed by atoms with E-state index in [0.717, 1.165) is 22.8 Å². The van der Waals surface area contributed by atoms with Crippen LogP contribution in [0.5, 0.6) is 17.2 Å². The summed E-state index contributed by atoms with van der Waals surface area (Å²) >= 11 is 0. The third kappa shape index (κ3) is 4.58. The molecule has 3 rings (SSSR count). The zero-order valence-electron chi connectivity index (χ0n) is 15.7. The zero-order valence-corrected chi connectivity index (χ0v) is 15.7. The molecule has 0 unspecified atom stereocenters. The van der Waals surface area contributed by atoms with E-state index in [4.69, 9.17) is 14.2 Å². The van der Waals surface area contributed by atoms with Crippen LogP contribution in [0.25, 0.3) is 0 Å². The lowest BCUT2D eigenvalue weighted by Gasteiger charge is -2.12. The van der Waals surface area contributed by atoms with E-state index in [1.165, 1.54) is 0 Å². The molecular weight excluding hydrogens is 344 g/mol. The van der Waals surface area contributed by atoms with Gasteiger partial charge in [0.25, 0.3) is 0 Å². The summed E-state index contributed by atoms with van der Waals surface area (Å²) in [6.45, 7) is 1.92. The van der Waals surface area contributed by atoms with Crippen molar-refractivity contribution in [1.29, 1.82) is 0 Å². The van der Waals surface area contributed by atoms with Gasteiger partial charge in [0.05, 0.1) is 21.3 Å². The molecule has 0 fully saturated rings. The molecule has 0 aliphatic carbocycles. The number of anilines is 4. The summed E-state index contributed by atoms with van der Waals surface area (Å²) in [5.74, 6) is 3.27. The molecule has 0 amide bonds. The molecule has 7 heteroatoms. The number of hydrogen-bond donors (Lipinski definition) is 2. The van der Waals surface area contributed by atoms with Crippen LogP contribution >= 0.6 is 0 Å². The van der Waals surface area contributed by atoms with Crippen molar-refractivity contribution >= 4 is 23.1 Å². The van der Waals surface area contributed by atoms with E-state index in [9.17, 15) is 0 Å². The molecule has 0 aliphatic heterocycles. The minimum absolute atomic E-state index is 0.484. The number of aryl methyl sites for hydroxylation is 1. The van der Waals surface area contributed by atoms with Crippen molar-refractivity contribution in [3.63, 3.8) is 0 Å². The highest BCUT2D eigenvalue weighted by atomic mass is 16.5. The van der Waals surface area contributed by atoms with Crippen molar-refractivity contribution in [2.45, 2.75) is 6.92 Å². The van der Waals surface area contributed by atoms with Crippen molar-refractivity contribution in [2.24, 2.45) is 0 Å². The molecule has 0 radical (unpaired) electrons. The van der Waals surface area contributed by atoms with Crippen LogP contribution in [0.15, 0.2) is 48.5 Å². The molecule has 2 N–H and O–H groups in total. The average Bonchev–Trinajstić information content (AvgIpc) is 2.68. The molecule has 1 heterocycles. The average molecular weight is 366 g/mol. The molecular formula is C20H22N4O3. The fourth-order valence-corrected chi connectivity index (χ4v) is 2.55. The molecule has 0 saturated carbocycles. The largest absolute Gasteiger partial charge is 0.497 e. The zero-order chi connectivity index (χ0) is 19.2. The highest BCUT2D eigenvalue weighted by molar-refractivity contribution is 5.63. The van der Waals surface area contributed by atoms with Crippen molar-refractivity contribution in [3.05, 3.63) is 54.2 Å². The molecule has 0 saturated heterocycles. The van der Waals surface area contributed by atoms with Gasteiger partial charge in [-0.3, -0.25) is 0 Å². The molecule has 27 heavy (non-hydrogen) atoms. The Kier molecular flexibility index (Phi) is 5.61. The summed E-state index contributed by atoms with van der Waals surface area (Å²) in [5.41, 5.74) is 2.55. The van der Waals surface area contributed by atoms with Gasteiger partial charge in [0, 0.05) is 29.2 Å². The lowest BCUT2D eigenvalue weighted by atomic mass is 10.2. The third-order valence-corrected chi connectivity index (χ3v) is 3.86. The smallest absolute Gasteiger partial charge is 0.229 e. The number of ether oxygens (including phenoxy) is 3. The maximum absolute atomic E-state index is 5.33. The van der Waals surface area contributed by atoms with Crippen LogP contribution in [0.3, 0.4) is 0 Å². The molecule has 0 bridgehead atoms. The second-order valence-corrected chi connectivity index (χ2v) is 5.77. The normalized spacial score (nSPS) is 10.2. The van der Waals surface area contributed by atoms with Crippen molar-refractivity contribution in [3.8, 4) is 17.2 Å². The van der Waals surface area contributed by atoms with Gasteiger partial charge in [0.1, 0.15) is 11.6 Å². The van der Waals surface area contributed by atoms with Crippen molar-refractivity contribution in [1.82, 2.24) is 9.97 Å². The maximum atomic E-state index is 5.33. The molecule has 3 aromatic rings. The number of nitrogens with zero attached hydrogens (tertiary/aromatic N) is 2. The monoisotopic (exact) mass is 366 g/mol. The van der Waals surface area contributed by atoms with Crippen LogP contribution in [0.1, 0.15) is 5.69 Å². The highest BCUT2D eigenvalue weighted by Gasteiger charge is 2.08. The van der Waals surface area contributed by atoms with Crippen molar-refractivity contribution in [2.75, 3.05) is 32.0 Å². The fraction of sp³-hybridized carbons (Fsp3) is 0.200. The second-order valence-electron chi connectivity index (χ2n) is 5.77. The first-order valence-electron chi connectivity index (χ1n) is 8.37. The summed E-state index contributed by atoms with van der Waals surface area (Å²) < 4.78 is 15.8. The highest BCUT2D eigenvalue weighted by Crippen LogP contribution is 2.31. The maximum Gasteiger partial charge on any atom is 0.229 e. The second kappa shape index (κ2) is 8.27. The minimum Gasteiger partial charge on any atom is -0.497 e. The summed E-state index contributed by atoms with van der Waals surface area (Å²) in [6, 6.07) is 15.1. The van der Waals surface area contributed by atoms with Crippen LogP contribution in [-0.4, -0.2) is 31.3 Å². The summed E-state index contributed by atoms with van der Waals surface area (Å²) in [7, 11) is 4.84. The third-order valence-electron chi connectivity index (χ3n) is 3.86. The van der Waals surface area contributed by atoms with Gasteiger partial charge in [0.15, 0.2) is 11.5 Å². The minimum atomic E-state index is 0.484. The number of aromatic nitrogens is 2. The number of benzene rings is 2. The summed E-state index contributed by atoms with van der Waals surface area (Å²) in [4.78, 5) is 8.97. The van der Waals surface area contributed by atoms with Crippen LogP contribution in [0.4, 0.5) is 23.1 Å². The molecule has 7 nitrogen and oxygen atoms in total. The number of hydrogen-bond acceptors (Lipinski definition) is 7. The Morgan fingerprint density at radius 3 is 2.07 bits per heavy atom. The van der Waals surface area contributed by atoms with E-state index >= 15 is 0 Å². The standard InChI is InChI=1S/C20H22N4O3/c1-13-11-19(22-14-5-8-16(25-2)9-6-14)24-20(21-13)23-15-7-10-17(26-3)18(12-15)27-4/h5-12H,1-4H3,(H2,21,22,23,24). The van der Waals surface area contributed by atoms with Gasteiger partial charge in [-0.2, -0.15) is 4.98 Å². The Morgan fingerprint density at radius 1 is 0.704 bits per heavy atom. The summed E-state index contributed by atoms with van der Waals surface area (Å²) in [5, 5.41) is 6.47. The Morgan fingerprint density at radius 2 is 1.41 bits per heavy atom. The fourth-order valence-electron chi connectivity index (χ4n) is 2.55. The van der Waals surface area contributed by atoms with Gasteiger partial charge in [-0.05, 0) is 43.3 Å². The molecule has 140 valence electrons. The topological polar surface area (TPSA) is 77.5 Å². The van der Waals surface area contributed by atoms with Gasteiger partial charge >= 0.3 is 0 Å². The Hall–Kier alpha value is -3.48. The van der Waals surface area contributed by atoms with Crippen LogP contribution in [-0.2, 0) is 0 Å². The predicted molar refractivity (Wildman–Crippen MR) is 106 cm³/mol. The molecule has 2 aromatic carbocycles. The van der Waals surface area contributed by atoms with Gasteiger partial charge in [-0.15, -0.1) is 0 Å². The van der Waals surface area contributed by atoms with Gasteiger partial charge in [-0.25, -0.2) is 4.98 Å². The lowest BCUT2D eigenvalue weighted by molar-refractivity contribution is 0.355. The van der Waals surface area contributed by atoms with E-state index in [2.05, 4.69) is 20.6 Å². The molecule has 0 atom stereocenters. The number of methoxy groups -OCH3 is 3. The SMILES string of the molecule is COc1ccc(Nc2cc(C)nc(Nc3ccc(OC)c(OC)c3)n2)cc1. The van der Waals surface area contributed by atoms with Gasteiger partial charge in [-0.1, -0.05) is 0 Å². The van der Waals surface area contributed by atoms with Gasteiger partial charge in [0.2, 0.25) is 5.95 Å².